The first kappa shape index (κ1) is 25.8. The standard InChI is InChI=1S/C26H28ClN3O3.ClH/c1-33-24-14-23(28)22(27)13-21(24)26(32)29-19-12-20(16-31)30(15-19)25(17-8-4-2-5-9-17)18-10-6-3-7-11-18;/h2-11,13-14,19-20,25,31H,12,15-16,28H2,1H3,(H,29,32);1H. The van der Waals surface area contributed by atoms with E-state index in [0.29, 0.717) is 35.0 Å². The molecule has 2 atom stereocenters. The number of carbonyl (C=O) groups is 1. The van der Waals surface area contributed by atoms with Gasteiger partial charge in [-0.05, 0) is 23.6 Å². The molecule has 180 valence electrons. The van der Waals surface area contributed by atoms with Gasteiger partial charge in [-0.1, -0.05) is 72.3 Å². The number of aliphatic hydroxyl groups excluding tert-OH is 1. The molecular weight excluding hydrogens is 473 g/mol. The van der Waals surface area contributed by atoms with E-state index in [1.54, 1.807) is 6.07 Å². The monoisotopic (exact) mass is 501 g/mol. The van der Waals surface area contributed by atoms with E-state index in [1.165, 1.54) is 13.2 Å². The molecule has 3 aromatic carbocycles. The predicted molar refractivity (Wildman–Crippen MR) is 138 cm³/mol. The number of anilines is 1. The highest BCUT2D eigenvalue weighted by atomic mass is 35.5. The maximum absolute atomic E-state index is 13.1. The Balaban J connectivity index is 0.00000324. The highest BCUT2D eigenvalue weighted by molar-refractivity contribution is 6.33. The van der Waals surface area contributed by atoms with E-state index in [9.17, 15) is 9.90 Å². The van der Waals surface area contributed by atoms with Crippen molar-refractivity contribution in [2.75, 3.05) is 26.0 Å². The van der Waals surface area contributed by atoms with E-state index in [1.807, 2.05) is 36.4 Å². The van der Waals surface area contributed by atoms with Crippen molar-refractivity contribution in [1.82, 2.24) is 10.2 Å². The molecule has 1 saturated heterocycles. The molecule has 2 unspecified atom stereocenters. The SMILES string of the molecule is COc1cc(N)c(Cl)cc1C(=O)NC1CC(CO)N(C(c2ccccc2)c2ccccc2)C1.Cl. The number of benzene rings is 3. The molecule has 0 spiro atoms. The normalized spacial score (nSPS) is 17.9. The minimum Gasteiger partial charge on any atom is -0.496 e. The second kappa shape index (κ2) is 11.6. The van der Waals surface area contributed by atoms with Gasteiger partial charge in [0, 0.05) is 24.7 Å². The second-order valence-electron chi connectivity index (χ2n) is 8.24. The molecule has 1 aliphatic heterocycles. The number of amides is 1. The van der Waals surface area contributed by atoms with Crippen LogP contribution in [-0.2, 0) is 0 Å². The number of nitrogens with one attached hydrogen (secondary N) is 1. The highest BCUT2D eigenvalue weighted by Crippen LogP contribution is 2.35. The molecule has 0 bridgehead atoms. The molecule has 0 saturated carbocycles. The van der Waals surface area contributed by atoms with Gasteiger partial charge in [0.05, 0.1) is 36.0 Å². The molecule has 34 heavy (non-hydrogen) atoms. The van der Waals surface area contributed by atoms with Crippen molar-refractivity contribution >= 4 is 35.6 Å². The Morgan fingerprint density at radius 1 is 1.15 bits per heavy atom. The largest absolute Gasteiger partial charge is 0.496 e. The fourth-order valence-corrected chi connectivity index (χ4v) is 4.73. The zero-order valence-corrected chi connectivity index (χ0v) is 20.4. The summed E-state index contributed by atoms with van der Waals surface area (Å²) in [6.07, 6.45) is 0.628. The molecule has 8 heteroatoms. The number of methoxy groups -OCH3 is 1. The molecule has 0 aromatic heterocycles. The third-order valence-corrected chi connectivity index (χ3v) is 6.46. The Labute approximate surface area is 211 Å². The number of ether oxygens (including phenoxy) is 1. The van der Waals surface area contributed by atoms with Gasteiger partial charge in [0.1, 0.15) is 5.75 Å². The third-order valence-electron chi connectivity index (χ3n) is 6.13. The van der Waals surface area contributed by atoms with Crippen molar-refractivity contribution in [3.05, 3.63) is 94.5 Å². The number of carbonyl (C=O) groups excluding carboxylic acids is 1. The molecule has 0 aliphatic carbocycles. The molecule has 0 radical (unpaired) electrons. The van der Waals surface area contributed by atoms with Crippen molar-refractivity contribution in [2.45, 2.75) is 24.5 Å². The Kier molecular flexibility index (Phi) is 8.80. The molecule has 3 aromatic rings. The molecular formula is C26H29Cl2N3O3. The number of hydrogen-bond acceptors (Lipinski definition) is 5. The Morgan fingerprint density at radius 3 is 2.26 bits per heavy atom. The van der Waals surface area contributed by atoms with Crippen molar-refractivity contribution in [2.24, 2.45) is 0 Å². The van der Waals surface area contributed by atoms with Crippen molar-refractivity contribution < 1.29 is 14.6 Å². The summed E-state index contributed by atoms with van der Waals surface area (Å²) >= 11 is 6.15. The fraction of sp³-hybridized carbons (Fsp3) is 0.269. The summed E-state index contributed by atoms with van der Waals surface area (Å²) in [6, 6.07) is 23.2. The molecule has 1 amide bonds. The van der Waals surface area contributed by atoms with Crippen LogP contribution >= 0.6 is 24.0 Å². The number of aliphatic hydroxyl groups is 1. The number of likely N-dealkylation sites (tertiary alicyclic amines) is 1. The van der Waals surface area contributed by atoms with Crippen LogP contribution in [0.15, 0.2) is 72.8 Å². The molecule has 1 heterocycles. The van der Waals surface area contributed by atoms with Gasteiger partial charge in [0.25, 0.3) is 5.91 Å². The van der Waals surface area contributed by atoms with Gasteiger partial charge in [-0.3, -0.25) is 9.69 Å². The van der Waals surface area contributed by atoms with Gasteiger partial charge in [0.15, 0.2) is 0 Å². The lowest BCUT2D eigenvalue weighted by Crippen LogP contribution is -2.39. The van der Waals surface area contributed by atoms with Crippen molar-refractivity contribution in [3.8, 4) is 5.75 Å². The number of nitrogen functional groups attached to an aromatic ring is 1. The minimum absolute atomic E-state index is 0. The lowest BCUT2D eigenvalue weighted by molar-refractivity contribution is 0.0933. The first-order valence-corrected chi connectivity index (χ1v) is 11.3. The summed E-state index contributed by atoms with van der Waals surface area (Å²) in [4.78, 5) is 15.4. The van der Waals surface area contributed by atoms with E-state index >= 15 is 0 Å². The van der Waals surface area contributed by atoms with Crippen LogP contribution in [-0.4, -0.2) is 48.3 Å². The minimum atomic E-state index is -0.284. The van der Waals surface area contributed by atoms with Crippen molar-refractivity contribution in [3.63, 3.8) is 0 Å². The van der Waals surface area contributed by atoms with Gasteiger partial charge >= 0.3 is 0 Å². The van der Waals surface area contributed by atoms with E-state index in [-0.39, 0.29) is 43.0 Å². The van der Waals surface area contributed by atoms with Gasteiger partial charge < -0.3 is 20.9 Å². The van der Waals surface area contributed by atoms with Gasteiger partial charge in [0.2, 0.25) is 0 Å². The summed E-state index contributed by atoms with van der Waals surface area (Å²) in [7, 11) is 1.49. The predicted octanol–water partition coefficient (Wildman–Crippen LogP) is 4.31. The van der Waals surface area contributed by atoms with Gasteiger partial charge in [-0.15, -0.1) is 12.4 Å². The Bertz CT molecular complexity index is 1060. The van der Waals surface area contributed by atoms with E-state index in [4.69, 9.17) is 22.1 Å². The smallest absolute Gasteiger partial charge is 0.255 e. The van der Waals surface area contributed by atoms with Crippen LogP contribution in [0.25, 0.3) is 0 Å². The van der Waals surface area contributed by atoms with Crippen LogP contribution in [0.3, 0.4) is 0 Å². The summed E-state index contributed by atoms with van der Waals surface area (Å²) in [5.41, 5.74) is 8.81. The molecule has 1 fully saturated rings. The fourth-order valence-electron chi connectivity index (χ4n) is 4.57. The average Bonchev–Trinajstić information content (AvgIpc) is 3.24. The summed E-state index contributed by atoms with van der Waals surface area (Å²) in [6.45, 7) is 0.593. The molecule has 4 rings (SSSR count). The van der Waals surface area contributed by atoms with E-state index in [2.05, 4.69) is 34.5 Å². The molecule has 1 aliphatic rings. The summed E-state index contributed by atoms with van der Waals surface area (Å²) in [5, 5.41) is 13.6. The number of halogens is 2. The van der Waals surface area contributed by atoms with Crippen LogP contribution in [0.4, 0.5) is 5.69 Å². The van der Waals surface area contributed by atoms with Gasteiger partial charge in [-0.25, -0.2) is 0 Å². The maximum atomic E-state index is 13.1. The molecule has 6 nitrogen and oxygen atoms in total. The lowest BCUT2D eigenvalue weighted by atomic mass is 9.96. The van der Waals surface area contributed by atoms with Crippen LogP contribution in [0, 0.1) is 0 Å². The van der Waals surface area contributed by atoms with Crippen LogP contribution < -0.4 is 15.8 Å². The summed E-state index contributed by atoms with van der Waals surface area (Å²) < 4.78 is 5.33. The number of nitrogens with zero attached hydrogens (tertiary/aromatic N) is 1. The number of nitrogens with two attached hydrogens (primary N) is 1. The van der Waals surface area contributed by atoms with Crippen LogP contribution in [0.2, 0.25) is 5.02 Å². The van der Waals surface area contributed by atoms with Crippen LogP contribution in [0.1, 0.15) is 33.9 Å². The summed E-state index contributed by atoms with van der Waals surface area (Å²) in [5.74, 6) is 0.0858. The lowest BCUT2D eigenvalue weighted by Gasteiger charge is -2.33. The topological polar surface area (TPSA) is 87.8 Å². The maximum Gasteiger partial charge on any atom is 0.255 e. The van der Waals surface area contributed by atoms with Crippen LogP contribution in [0.5, 0.6) is 5.75 Å². The number of hydrogen-bond donors (Lipinski definition) is 3. The van der Waals surface area contributed by atoms with E-state index in [0.717, 1.165) is 11.1 Å². The highest BCUT2D eigenvalue weighted by Gasteiger charge is 2.38. The first-order valence-electron chi connectivity index (χ1n) is 10.9. The zero-order valence-electron chi connectivity index (χ0n) is 18.9. The number of rotatable bonds is 7. The average molecular weight is 502 g/mol. The Hall–Kier alpha value is -2.77. The Morgan fingerprint density at radius 2 is 1.74 bits per heavy atom. The third kappa shape index (κ3) is 5.47. The van der Waals surface area contributed by atoms with E-state index < -0.39 is 0 Å². The van der Waals surface area contributed by atoms with Gasteiger partial charge in [-0.2, -0.15) is 0 Å². The molecule has 4 N–H and O–H groups in total. The quantitative estimate of drug-likeness (QED) is 0.420. The zero-order chi connectivity index (χ0) is 23.4. The first-order chi connectivity index (χ1) is 16.0. The second-order valence-corrected chi connectivity index (χ2v) is 8.64. The van der Waals surface area contributed by atoms with Crippen molar-refractivity contribution in [1.29, 1.82) is 0 Å².